The summed E-state index contributed by atoms with van der Waals surface area (Å²) in [5, 5.41) is 3.71. The van der Waals surface area contributed by atoms with Gasteiger partial charge in [-0.2, -0.15) is 0 Å². The summed E-state index contributed by atoms with van der Waals surface area (Å²) in [6.45, 7) is 5.73. The number of nitrogens with one attached hydrogen (secondary N) is 1. The van der Waals surface area contributed by atoms with Crippen LogP contribution >= 0.6 is 0 Å². The van der Waals surface area contributed by atoms with Gasteiger partial charge in [-0.1, -0.05) is 71.6 Å². The predicted molar refractivity (Wildman–Crippen MR) is 82.0 cm³/mol. The molecule has 0 radical (unpaired) electrons. The Kier molecular flexibility index (Phi) is 9.65. The summed E-state index contributed by atoms with van der Waals surface area (Å²) in [5.74, 6) is 0.939. The largest absolute Gasteiger partial charge is 0.314 e. The summed E-state index contributed by atoms with van der Waals surface area (Å²) in [6, 6.07) is 0.776. The third-order valence-corrected chi connectivity index (χ3v) is 4.63. The van der Waals surface area contributed by atoms with E-state index in [0.717, 1.165) is 18.5 Å². The summed E-state index contributed by atoms with van der Waals surface area (Å²) >= 11 is 0. The molecule has 0 saturated heterocycles. The Morgan fingerprint density at radius 3 is 1.61 bits per heavy atom. The molecule has 0 bridgehead atoms. The van der Waals surface area contributed by atoms with E-state index in [4.69, 9.17) is 0 Å². The van der Waals surface area contributed by atoms with Gasteiger partial charge in [-0.25, -0.2) is 0 Å². The fourth-order valence-electron chi connectivity index (χ4n) is 3.50. The Morgan fingerprint density at radius 2 is 1.22 bits per heavy atom. The maximum Gasteiger partial charge on any atom is 0.00925 e. The maximum absolute atomic E-state index is 3.71. The van der Waals surface area contributed by atoms with E-state index in [0.29, 0.717) is 0 Å². The molecule has 1 heteroatoms. The first kappa shape index (κ1) is 16.0. The highest BCUT2D eigenvalue weighted by molar-refractivity contribution is 4.75. The van der Waals surface area contributed by atoms with Crippen molar-refractivity contribution in [2.75, 3.05) is 6.54 Å². The van der Waals surface area contributed by atoms with Crippen LogP contribution in [0.3, 0.4) is 0 Å². The molecule has 0 amide bonds. The molecule has 0 aliphatic heterocycles. The van der Waals surface area contributed by atoms with Crippen molar-refractivity contribution >= 4 is 0 Å². The highest BCUT2D eigenvalue weighted by atomic mass is 14.9. The fraction of sp³-hybridized carbons (Fsp3) is 1.00. The zero-order chi connectivity index (χ0) is 13.1. The lowest BCUT2D eigenvalue weighted by atomic mass is 9.86. The van der Waals surface area contributed by atoms with Crippen molar-refractivity contribution in [2.45, 2.75) is 96.9 Å². The molecule has 0 heterocycles. The van der Waals surface area contributed by atoms with Gasteiger partial charge in [0.2, 0.25) is 0 Å². The first-order valence-corrected chi connectivity index (χ1v) is 8.61. The van der Waals surface area contributed by atoms with E-state index in [9.17, 15) is 0 Å². The van der Waals surface area contributed by atoms with E-state index in [1.165, 1.54) is 77.0 Å². The molecule has 0 aromatic rings. The molecule has 0 spiro atoms. The fourth-order valence-corrected chi connectivity index (χ4v) is 3.50. The van der Waals surface area contributed by atoms with Crippen LogP contribution in [0.5, 0.6) is 0 Å². The van der Waals surface area contributed by atoms with Gasteiger partial charge in [0, 0.05) is 6.04 Å². The molecule has 1 aliphatic carbocycles. The smallest absolute Gasteiger partial charge is 0.00925 e. The van der Waals surface area contributed by atoms with Crippen LogP contribution in [0.2, 0.25) is 0 Å². The Hall–Kier alpha value is -0.0400. The quantitative estimate of drug-likeness (QED) is 0.717. The van der Waals surface area contributed by atoms with Gasteiger partial charge in [0.1, 0.15) is 0 Å². The molecular weight excluding hydrogens is 218 g/mol. The Balaban J connectivity index is 2.39. The van der Waals surface area contributed by atoms with Gasteiger partial charge >= 0.3 is 0 Å². The minimum atomic E-state index is 0.776. The second kappa shape index (κ2) is 10.8. The van der Waals surface area contributed by atoms with Gasteiger partial charge in [-0.3, -0.25) is 0 Å². The lowest BCUT2D eigenvalue weighted by Gasteiger charge is -2.27. The van der Waals surface area contributed by atoms with Crippen molar-refractivity contribution in [3.05, 3.63) is 0 Å². The Labute approximate surface area is 115 Å². The second-order valence-electron chi connectivity index (χ2n) is 6.09. The van der Waals surface area contributed by atoms with E-state index in [1.54, 1.807) is 0 Å². The lowest BCUT2D eigenvalue weighted by molar-refractivity contribution is 0.291. The molecule has 1 N–H and O–H groups in total. The topological polar surface area (TPSA) is 12.0 Å². The van der Waals surface area contributed by atoms with E-state index >= 15 is 0 Å². The van der Waals surface area contributed by atoms with Crippen LogP contribution in [0.4, 0.5) is 0 Å². The Morgan fingerprint density at radius 1 is 0.778 bits per heavy atom. The molecule has 0 aromatic heterocycles. The third kappa shape index (κ3) is 6.78. The maximum atomic E-state index is 3.71. The zero-order valence-corrected chi connectivity index (χ0v) is 12.8. The summed E-state index contributed by atoms with van der Waals surface area (Å²) in [5.41, 5.74) is 0. The minimum absolute atomic E-state index is 0.776. The number of hydrogen-bond acceptors (Lipinski definition) is 1. The highest BCUT2D eigenvalue weighted by Gasteiger charge is 2.18. The molecule has 1 nitrogen and oxygen atoms in total. The van der Waals surface area contributed by atoms with Crippen LogP contribution in [0.15, 0.2) is 0 Å². The van der Waals surface area contributed by atoms with Gasteiger partial charge in [-0.15, -0.1) is 0 Å². The highest BCUT2D eigenvalue weighted by Crippen LogP contribution is 2.24. The second-order valence-corrected chi connectivity index (χ2v) is 6.09. The van der Waals surface area contributed by atoms with Gasteiger partial charge in [0.05, 0.1) is 0 Å². The monoisotopic (exact) mass is 253 g/mol. The first-order valence-electron chi connectivity index (χ1n) is 8.61. The predicted octanol–water partition coefficient (Wildman–Crippen LogP) is 5.30. The van der Waals surface area contributed by atoms with Crippen LogP contribution < -0.4 is 5.32 Å². The summed E-state index contributed by atoms with van der Waals surface area (Å²) in [6.07, 6.45) is 17.5. The normalized spacial score (nSPS) is 23.0. The van der Waals surface area contributed by atoms with Crippen molar-refractivity contribution in [3.8, 4) is 0 Å². The molecule has 1 aliphatic rings. The average molecular weight is 253 g/mol. The lowest BCUT2D eigenvalue weighted by Crippen LogP contribution is -2.35. The van der Waals surface area contributed by atoms with Crippen LogP contribution in [-0.4, -0.2) is 12.6 Å². The van der Waals surface area contributed by atoms with Crippen molar-refractivity contribution in [2.24, 2.45) is 5.92 Å². The van der Waals surface area contributed by atoms with Crippen molar-refractivity contribution in [1.29, 1.82) is 0 Å². The van der Waals surface area contributed by atoms with Crippen LogP contribution in [0.1, 0.15) is 90.9 Å². The average Bonchev–Trinajstić information content (AvgIpc) is 2.37. The van der Waals surface area contributed by atoms with Crippen LogP contribution in [0.25, 0.3) is 0 Å². The Bertz CT molecular complexity index is 166. The molecule has 1 atom stereocenters. The van der Waals surface area contributed by atoms with Gasteiger partial charge in [-0.05, 0) is 31.7 Å². The van der Waals surface area contributed by atoms with Gasteiger partial charge < -0.3 is 5.32 Å². The molecule has 1 saturated carbocycles. The molecule has 0 aromatic carbocycles. The third-order valence-electron chi connectivity index (χ3n) is 4.63. The standard InChI is InChI=1S/C17H35N/c1-3-17(18-4-2)16-14-12-10-8-6-5-7-9-11-13-15-16/h16-18H,3-15H2,1-2H3. The van der Waals surface area contributed by atoms with Crippen LogP contribution in [-0.2, 0) is 0 Å². The summed E-state index contributed by atoms with van der Waals surface area (Å²) in [7, 11) is 0. The van der Waals surface area contributed by atoms with Crippen molar-refractivity contribution in [3.63, 3.8) is 0 Å². The van der Waals surface area contributed by atoms with Gasteiger partial charge in [0.15, 0.2) is 0 Å². The molecule has 108 valence electrons. The number of hydrogen-bond donors (Lipinski definition) is 1. The van der Waals surface area contributed by atoms with E-state index < -0.39 is 0 Å². The molecule has 18 heavy (non-hydrogen) atoms. The van der Waals surface area contributed by atoms with E-state index in [2.05, 4.69) is 19.2 Å². The minimum Gasteiger partial charge on any atom is -0.314 e. The first-order chi connectivity index (χ1) is 8.88. The molecule has 1 fully saturated rings. The summed E-state index contributed by atoms with van der Waals surface area (Å²) in [4.78, 5) is 0. The molecule has 1 unspecified atom stereocenters. The SMILES string of the molecule is CCNC(CC)C1CCCCCCCCCCC1. The zero-order valence-electron chi connectivity index (χ0n) is 12.8. The van der Waals surface area contributed by atoms with E-state index in [-0.39, 0.29) is 0 Å². The van der Waals surface area contributed by atoms with Crippen molar-refractivity contribution in [1.82, 2.24) is 5.32 Å². The van der Waals surface area contributed by atoms with Crippen LogP contribution in [0, 0.1) is 5.92 Å². The van der Waals surface area contributed by atoms with E-state index in [1.807, 2.05) is 0 Å². The van der Waals surface area contributed by atoms with Crippen molar-refractivity contribution < 1.29 is 0 Å². The summed E-state index contributed by atoms with van der Waals surface area (Å²) < 4.78 is 0. The molecular formula is C17H35N. The number of rotatable bonds is 4. The molecule has 1 rings (SSSR count). The van der Waals surface area contributed by atoms with Gasteiger partial charge in [0.25, 0.3) is 0 Å².